The third kappa shape index (κ3) is 5.62. The Morgan fingerprint density at radius 3 is 0.408 bits per heavy atom. The zero-order valence-corrected chi connectivity index (χ0v) is 23.6. The van der Waals surface area contributed by atoms with Gasteiger partial charge in [0.2, 0.25) is 0 Å². The van der Waals surface area contributed by atoms with E-state index in [1.807, 2.05) is 0 Å². The highest BCUT2D eigenvalue weighted by Crippen LogP contribution is 2.30. The monoisotopic (exact) mass is 739 g/mol. The molecule has 49 heavy (non-hydrogen) atoms. The molecule has 4 rings (SSSR count). The van der Waals surface area contributed by atoms with Crippen LogP contribution in [-0.2, 0) is 0 Å². The van der Waals surface area contributed by atoms with Crippen molar-refractivity contribution in [3.05, 3.63) is 116 Å². The van der Waals surface area contributed by atoms with Gasteiger partial charge >= 0.3 is 0 Å². The Hall–Kier alpha value is -4.50. The van der Waals surface area contributed by atoms with E-state index in [4.69, 9.17) is 0 Å². The lowest BCUT2D eigenvalue weighted by Gasteiger charge is -2.44. The molecule has 0 saturated heterocycles. The summed E-state index contributed by atoms with van der Waals surface area (Å²) in [5.41, 5.74) is -14.3. The van der Waals surface area contributed by atoms with E-state index in [0.29, 0.717) is 0 Å². The maximum absolute atomic E-state index is 15.4. The fourth-order valence-electron chi connectivity index (χ4n) is 4.87. The minimum absolute atomic E-state index is 1.42. The SMILES string of the molecule is C[NH+](C)C.Fc1c(F)c(F)c([B-](c2c(F)c(F)c(F)c(F)c2F)(c2c(F)c(F)c(F)c(F)c2F)c2c(F)c(F)c(F)c(F)c2F)c(F)c1F. The first-order chi connectivity index (χ1) is 22.4. The average molecular weight is 739 g/mol. The Balaban J connectivity index is 0.00000154. The molecule has 0 radical (unpaired) electrons. The molecule has 0 heterocycles. The molecule has 0 atom stereocenters. The summed E-state index contributed by atoms with van der Waals surface area (Å²) in [6.07, 6.45) is -7.22. The summed E-state index contributed by atoms with van der Waals surface area (Å²) in [5, 5.41) is 0. The van der Waals surface area contributed by atoms with E-state index in [9.17, 15) is 52.7 Å². The normalized spacial score (nSPS) is 11.8. The van der Waals surface area contributed by atoms with Crippen LogP contribution in [0.3, 0.4) is 0 Å². The summed E-state index contributed by atoms with van der Waals surface area (Å²) in [6, 6.07) is 0. The van der Waals surface area contributed by atoms with Crippen molar-refractivity contribution < 1.29 is 92.7 Å². The van der Waals surface area contributed by atoms with Crippen molar-refractivity contribution in [1.29, 1.82) is 0 Å². The van der Waals surface area contributed by atoms with Gasteiger partial charge in [0.1, 0.15) is 52.7 Å². The van der Waals surface area contributed by atoms with Crippen LogP contribution in [-0.4, -0.2) is 27.3 Å². The predicted octanol–water partition coefficient (Wildman–Crippen LogP) is 4.61. The van der Waals surface area contributed by atoms with Crippen molar-refractivity contribution in [3.63, 3.8) is 0 Å². The van der Waals surface area contributed by atoms with Gasteiger partial charge in [-0.15, -0.1) is 21.9 Å². The number of quaternary nitrogens is 1. The van der Waals surface area contributed by atoms with Gasteiger partial charge in [0.25, 0.3) is 0 Å². The number of rotatable bonds is 4. The number of halogens is 20. The second-order valence-corrected chi connectivity index (χ2v) is 10.3. The molecule has 22 heteroatoms. The number of hydrogen-bond acceptors (Lipinski definition) is 0. The molecule has 0 spiro atoms. The van der Waals surface area contributed by atoms with Crippen LogP contribution in [0.4, 0.5) is 87.8 Å². The number of hydrogen-bond donors (Lipinski definition) is 1. The Morgan fingerprint density at radius 2 is 0.306 bits per heavy atom. The van der Waals surface area contributed by atoms with Crippen molar-refractivity contribution in [2.24, 2.45) is 0 Å². The molecule has 266 valence electrons. The maximum atomic E-state index is 15.4. The third-order valence-electron chi connectivity index (χ3n) is 6.71. The van der Waals surface area contributed by atoms with Gasteiger partial charge in [-0.3, -0.25) is 0 Å². The van der Waals surface area contributed by atoms with Crippen molar-refractivity contribution in [1.82, 2.24) is 0 Å². The quantitative estimate of drug-likeness (QED) is 0.135. The molecule has 1 N–H and O–H groups in total. The molecule has 1 nitrogen and oxygen atoms in total. The van der Waals surface area contributed by atoms with Crippen LogP contribution in [0.25, 0.3) is 0 Å². The topological polar surface area (TPSA) is 4.44 Å². The van der Waals surface area contributed by atoms with Gasteiger partial charge in [0.05, 0.1) is 21.1 Å². The first-order valence-electron chi connectivity index (χ1n) is 12.4. The van der Waals surface area contributed by atoms with Crippen LogP contribution in [0.2, 0.25) is 0 Å². The Morgan fingerprint density at radius 1 is 0.224 bits per heavy atom. The zero-order chi connectivity index (χ0) is 37.9. The van der Waals surface area contributed by atoms with Crippen LogP contribution in [0.1, 0.15) is 0 Å². The van der Waals surface area contributed by atoms with E-state index in [1.165, 1.54) is 4.90 Å². The summed E-state index contributed by atoms with van der Waals surface area (Å²) in [4.78, 5) is 1.42. The Bertz CT molecular complexity index is 1630. The van der Waals surface area contributed by atoms with Crippen LogP contribution < -0.4 is 26.8 Å². The minimum Gasteiger partial charge on any atom is -0.342 e. The highest BCUT2D eigenvalue weighted by atomic mass is 19.2. The van der Waals surface area contributed by atoms with E-state index in [0.717, 1.165) is 0 Å². The molecular formula is C27H10BF20N. The smallest absolute Gasteiger partial charge is 0.200 e. The third-order valence-corrected chi connectivity index (χ3v) is 6.71. The second-order valence-electron chi connectivity index (χ2n) is 10.3. The van der Waals surface area contributed by atoms with Crippen LogP contribution >= 0.6 is 0 Å². The van der Waals surface area contributed by atoms with Crippen molar-refractivity contribution in [2.75, 3.05) is 21.1 Å². The zero-order valence-electron chi connectivity index (χ0n) is 23.6. The molecule has 4 aromatic carbocycles. The molecule has 0 aliphatic rings. The number of nitrogens with one attached hydrogen (secondary N) is 1. The van der Waals surface area contributed by atoms with E-state index >= 15 is 35.1 Å². The maximum Gasteiger partial charge on any atom is 0.200 e. The summed E-state index contributed by atoms with van der Waals surface area (Å²) >= 11 is 0. The van der Waals surface area contributed by atoms with Gasteiger partial charge in [-0.05, 0) is 0 Å². The largest absolute Gasteiger partial charge is 0.342 e. The summed E-state index contributed by atoms with van der Waals surface area (Å²) in [5.74, 6) is -71.4. The van der Waals surface area contributed by atoms with Crippen molar-refractivity contribution >= 4 is 28.0 Å². The fourth-order valence-corrected chi connectivity index (χ4v) is 4.87. The van der Waals surface area contributed by atoms with E-state index in [-0.39, 0.29) is 0 Å². The molecule has 0 saturated carbocycles. The molecule has 4 aromatic rings. The Kier molecular flexibility index (Phi) is 10.7. The van der Waals surface area contributed by atoms with E-state index in [1.54, 1.807) is 0 Å². The minimum atomic E-state index is -7.22. The van der Waals surface area contributed by atoms with E-state index < -0.39 is 144 Å². The van der Waals surface area contributed by atoms with Crippen LogP contribution in [0.15, 0.2) is 0 Å². The molecule has 0 bridgehead atoms. The van der Waals surface area contributed by atoms with Gasteiger partial charge in [-0.25, -0.2) is 87.8 Å². The summed E-state index contributed by atoms with van der Waals surface area (Å²) in [6.45, 7) is 0. The standard InChI is InChI=1S/C24BF20.C3H9N/c26-5-1(6(27)14(35)21(42)13(5)34)25(2-7(28)15(36)22(43)16(37)8(2)29,3-9(30)17(38)23(44)18(39)10(3)31)4-11(32)19(40)24(45)20(41)12(4)33;1-4(2)3/h;1-3H3/q-1;/p+1. The number of benzene rings is 4. The van der Waals surface area contributed by atoms with Crippen LogP contribution in [0.5, 0.6) is 0 Å². The van der Waals surface area contributed by atoms with Gasteiger partial charge in [0.15, 0.2) is 69.8 Å². The first-order valence-corrected chi connectivity index (χ1v) is 12.4. The second kappa shape index (κ2) is 13.4. The Labute approximate surface area is 258 Å². The van der Waals surface area contributed by atoms with Crippen molar-refractivity contribution in [3.8, 4) is 0 Å². The van der Waals surface area contributed by atoms with Gasteiger partial charge in [0, 0.05) is 0 Å². The first kappa shape index (κ1) is 38.9. The van der Waals surface area contributed by atoms with Gasteiger partial charge in [-0.2, -0.15) is 0 Å². The van der Waals surface area contributed by atoms with Crippen LogP contribution in [0, 0.1) is 116 Å². The molecule has 0 aliphatic carbocycles. The lowest BCUT2D eigenvalue weighted by atomic mass is 9.12. The lowest BCUT2D eigenvalue weighted by Crippen LogP contribution is -3.02. The van der Waals surface area contributed by atoms with Gasteiger partial charge in [-0.1, -0.05) is 0 Å². The molecule has 0 fully saturated rings. The molecule has 0 amide bonds. The lowest BCUT2D eigenvalue weighted by molar-refractivity contribution is -0.836. The molecule has 0 unspecified atom stereocenters. The van der Waals surface area contributed by atoms with Crippen molar-refractivity contribution in [2.45, 2.75) is 0 Å². The molecule has 0 aliphatic heterocycles. The van der Waals surface area contributed by atoms with E-state index in [2.05, 4.69) is 21.1 Å². The van der Waals surface area contributed by atoms with Gasteiger partial charge < -0.3 is 4.90 Å². The highest BCUT2D eigenvalue weighted by molar-refractivity contribution is 7.20. The average Bonchev–Trinajstić information content (AvgIpc) is 3.04. The fraction of sp³-hybridized carbons (Fsp3) is 0.111. The molecule has 0 aromatic heterocycles. The predicted molar refractivity (Wildman–Crippen MR) is 128 cm³/mol. The highest BCUT2D eigenvalue weighted by Gasteiger charge is 2.52. The summed E-state index contributed by atoms with van der Waals surface area (Å²) < 4.78 is 294. The summed E-state index contributed by atoms with van der Waals surface area (Å²) in [7, 11) is 6.25. The molecular weight excluding hydrogens is 729 g/mol.